The fourth-order valence-electron chi connectivity index (χ4n) is 3.39. The Bertz CT molecular complexity index is 432. The number of benzene rings is 1. The summed E-state index contributed by atoms with van der Waals surface area (Å²) >= 11 is 0. The highest BCUT2D eigenvalue weighted by molar-refractivity contribution is 5.43. The Balaban J connectivity index is 2.02. The second-order valence-corrected chi connectivity index (χ2v) is 6.75. The van der Waals surface area contributed by atoms with Crippen LogP contribution in [-0.2, 0) is 6.54 Å². The molecule has 0 amide bonds. The molecule has 0 spiro atoms. The number of nitrogens with one attached hydrogen (secondary N) is 1. The molecule has 1 aliphatic carbocycles. The maximum atomic E-state index is 6.35. The largest absolute Gasteiger partial charge is 0.490 e. The second-order valence-electron chi connectivity index (χ2n) is 6.75. The summed E-state index contributed by atoms with van der Waals surface area (Å²) in [5.74, 6) is 1.93. The van der Waals surface area contributed by atoms with Crippen molar-refractivity contribution in [3.8, 4) is 5.75 Å². The highest BCUT2D eigenvalue weighted by atomic mass is 16.5. The lowest BCUT2D eigenvalue weighted by Crippen LogP contribution is -2.24. The van der Waals surface area contributed by atoms with Gasteiger partial charge in [-0.25, -0.2) is 0 Å². The first kappa shape index (κ1) is 16.4. The van der Waals surface area contributed by atoms with Crippen molar-refractivity contribution in [1.82, 2.24) is 5.32 Å². The fourth-order valence-corrected chi connectivity index (χ4v) is 3.39. The Labute approximate surface area is 130 Å². The third-order valence-electron chi connectivity index (χ3n) is 4.45. The molecule has 0 radical (unpaired) electrons. The molecule has 1 fully saturated rings. The van der Waals surface area contributed by atoms with Gasteiger partial charge in [0.15, 0.2) is 0 Å². The van der Waals surface area contributed by atoms with E-state index in [4.69, 9.17) is 4.74 Å². The van der Waals surface area contributed by atoms with Gasteiger partial charge in [0.1, 0.15) is 5.75 Å². The van der Waals surface area contributed by atoms with Crippen LogP contribution < -0.4 is 10.1 Å². The quantitative estimate of drug-likeness (QED) is 0.762. The molecule has 2 heteroatoms. The molecule has 2 rings (SSSR count). The monoisotopic (exact) mass is 289 g/mol. The van der Waals surface area contributed by atoms with Crippen molar-refractivity contribution in [2.24, 2.45) is 5.92 Å². The van der Waals surface area contributed by atoms with E-state index >= 15 is 0 Å². The summed E-state index contributed by atoms with van der Waals surface area (Å²) in [4.78, 5) is 0. The Kier molecular flexibility index (Phi) is 6.10. The molecule has 1 saturated carbocycles. The molecule has 1 aromatic carbocycles. The Morgan fingerprint density at radius 2 is 1.90 bits per heavy atom. The van der Waals surface area contributed by atoms with Gasteiger partial charge >= 0.3 is 0 Å². The van der Waals surface area contributed by atoms with E-state index in [2.05, 4.69) is 45.1 Å². The van der Waals surface area contributed by atoms with Crippen molar-refractivity contribution < 1.29 is 4.74 Å². The van der Waals surface area contributed by atoms with Crippen molar-refractivity contribution in [2.75, 3.05) is 6.54 Å². The van der Waals surface area contributed by atoms with E-state index in [-0.39, 0.29) is 0 Å². The van der Waals surface area contributed by atoms with Crippen LogP contribution in [0, 0.1) is 19.8 Å². The van der Waals surface area contributed by atoms with Crippen LogP contribution in [0.15, 0.2) is 12.1 Å². The number of aryl methyl sites for hydroxylation is 2. The first-order valence-corrected chi connectivity index (χ1v) is 8.57. The number of hydrogen-bond acceptors (Lipinski definition) is 2. The van der Waals surface area contributed by atoms with Gasteiger partial charge < -0.3 is 10.1 Å². The number of hydrogen-bond donors (Lipinski definition) is 1. The predicted molar refractivity (Wildman–Crippen MR) is 90.0 cm³/mol. The molecule has 1 aromatic rings. The maximum absolute atomic E-state index is 6.35. The summed E-state index contributed by atoms with van der Waals surface area (Å²) in [7, 11) is 0. The molecule has 0 aromatic heterocycles. The van der Waals surface area contributed by atoms with Crippen molar-refractivity contribution in [2.45, 2.75) is 72.4 Å². The van der Waals surface area contributed by atoms with Crippen LogP contribution in [-0.4, -0.2) is 12.6 Å². The lowest BCUT2D eigenvalue weighted by Gasteiger charge is -2.29. The topological polar surface area (TPSA) is 21.3 Å². The molecule has 1 aliphatic rings. The van der Waals surface area contributed by atoms with Gasteiger partial charge in [-0.2, -0.15) is 0 Å². The first-order chi connectivity index (χ1) is 10.1. The molecule has 0 aliphatic heterocycles. The average molecular weight is 289 g/mol. The fraction of sp³-hybridized carbons (Fsp3) is 0.684. The van der Waals surface area contributed by atoms with E-state index < -0.39 is 0 Å². The van der Waals surface area contributed by atoms with E-state index in [1.54, 1.807) is 0 Å². The third kappa shape index (κ3) is 4.74. The van der Waals surface area contributed by atoms with Crippen LogP contribution >= 0.6 is 0 Å². The zero-order valence-corrected chi connectivity index (χ0v) is 14.2. The molecule has 118 valence electrons. The molecule has 2 unspecified atom stereocenters. The van der Waals surface area contributed by atoms with E-state index in [0.29, 0.717) is 6.10 Å². The van der Waals surface area contributed by atoms with Crippen LogP contribution in [0.4, 0.5) is 0 Å². The summed E-state index contributed by atoms with van der Waals surface area (Å²) in [5, 5.41) is 3.47. The first-order valence-electron chi connectivity index (χ1n) is 8.57. The minimum absolute atomic E-state index is 0.412. The Morgan fingerprint density at radius 3 is 2.52 bits per heavy atom. The Morgan fingerprint density at radius 1 is 1.19 bits per heavy atom. The van der Waals surface area contributed by atoms with E-state index in [9.17, 15) is 0 Å². The lowest BCUT2D eigenvalue weighted by atomic mass is 9.88. The van der Waals surface area contributed by atoms with Crippen molar-refractivity contribution in [1.29, 1.82) is 0 Å². The third-order valence-corrected chi connectivity index (χ3v) is 4.45. The molecule has 0 heterocycles. The molecule has 1 N–H and O–H groups in total. The van der Waals surface area contributed by atoms with Gasteiger partial charge in [-0.1, -0.05) is 32.4 Å². The van der Waals surface area contributed by atoms with E-state index in [0.717, 1.165) is 24.8 Å². The van der Waals surface area contributed by atoms with Gasteiger partial charge in [0, 0.05) is 6.54 Å². The predicted octanol–water partition coefficient (Wildman–Crippen LogP) is 4.76. The summed E-state index contributed by atoms with van der Waals surface area (Å²) < 4.78 is 6.35. The highest BCUT2D eigenvalue weighted by Crippen LogP contribution is 2.31. The standard InChI is InChI=1S/C19H31NO/c1-5-9-20-13-17-11-15(3)19(16(4)12-17)21-18-8-6-7-14(2)10-18/h11-12,14,18,20H,5-10,13H2,1-4H3. The molecule has 2 atom stereocenters. The summed E-state index contributed by atoms with van der Waals surface area (Å²) in [6, 6.07) is 4.55. The average Bonchev–Trinajstić information content (AvgIpc) is 2.43. The van der Waals surface area contributed by atoms with Crippen LogP contribution in [0.3, 0.4) is 0 Å². The second kappa shape index (κ2) is 7.84. The minimum atomic E-state index is 0.412. The zero-order valence-electron chi connectivity index (χ0n) is 14.2. The van der Waals surface area contributed by atoms with Gasteiger partial charge in [-0.15, -0.1) is 0 Å². The summed E-state index contributed by atoms with van der Waals surface area (Å²) in [6.07, 6.45) is 6.68. The van der Waals surface area contributed by atoms with Crippen LogP contribution in [0.5, 0.6) is 5.75 Å². The van der Waals surface area contributed by atoms with Crippen molar-refractivity contribution >= 4 is 0 Å². The van der Waals surface area contributed by atoms with Gasteiger partial charge in [-0.3, -0.25) is 0 Å². The molecule has 2 nitrogen and oxygen atoms in total. The van der Waals surface area contributed by atoms with E-state index in [1.165, 1.54) is 48.8 Å². The molecular formula is C19H31NO. The highest BCUT2D eigenvalue weighted by Gasteiger charge is 2.21. The molecule has 21 heavy (non-hydrogen) atoms. The maximum Gasteiger partial charge on any atom is 0.125 e. The number of rotatable bonds is 6. The minimum Gasteiger partial charge on any atom is -0.490 e. The van der Waals surface area contributed by atoms with Crippen molar-refractivity contribution in [3.05, 3.63) is 28.8 Å². The normalized spacial score (nSPS) is 22.3. The molecular weight excluding hydrogens is 258 g/mol. The summed E-state index contributed by atoms with van der Waals surface area (Å²) in [6.45, 7) is 10.9. The van der Waals surface area contributed by atoms with Gasteiger partial charge in [-0.05, 0) is 68.7 Å². The lowest BCUT2D eigenvalue weighted by molar-refractivity contribution is 0.127. The van der Waals surface area contributed by atoms with E-state index in [1.807, 2.05) is 0 Å². The summed E-state index contributed by atoms with van der Waals surface area (Å²) in [5.41, 5.74) is 3.92. The van der Waals surface area contributed by atoms with Gasteiger partial charge in [0.2, 0.25) is 0 Å². The van der Waals surface area contributed by atoms with Gasteiger partial charge in [0.25, 0.3) is 0 Å². The molecule has 0 saturated heterocycles. The molecule has 0 bridgehead atoms. The van der Waals surface area contributed by atoms with Crippen molar-refractivity contribution in [3.63, 3.8) is 0 Å². The SMILES string of the molecule is CCCNCc1cc(C)c(OC2CCCC(C)C2)c(C)c1. The Hall–Kier alpha value is -1.02. The van der Waals surface area contributed by atoms with Crippen LogP contribution in [0.25, 0.3) is 0 Å². The smallest absolute Gasteiger partial charge is 0.125 e. The zero-order chi connectivity index (χ0) is 15.2. The van der Waals surface area contributed by atoms with Crippen LogP contribution in [0.2, 0.25) is 0 Å². The van der Waals surface area contributed by atoms with Crippen LogP contribution in [0.1, 0.15) is 62.6 Å². The van der Waals surface area contributed by atoms with Gasteiger partial charge in [0.05, 0.1) is 6.10 Å². The number of ether oxygens (including phenoxy) is 1.